The molecule has 2 rings (SSSR count). The third-order valence-corrected chi connectivity index (χ3v) is 3.77. The summed E-state index contributed by atoms with van der Waals surface area (Å²) >= 11 is 0. The van der Waals surface area contributed by atoms with Crippen LogP contribution in [0, 0.1) is 0 Å². The molecule has 0 heterocycles. The second kappa shape index (κ2) is 6.02. The molecule has 1 aliphatic carbocycles. The van der Waals surface area contributed by atoms with Gasteiger partial charge in [-0.05, 0) is 42.9 Å². The van der Waals surface area contributed by atoms with Gasteiger partial charge in [-0.3, -0.25) is 0 Å². The average molecular weight is 229 g/mol. The van der Waals surface area contributed by atoms with Crippen molar-refractivity contribution in [2.45, 2.75) is 44.6 Å². The molecule has 0 amide bonds. The lowest BCUT2D eigenvalue weighted by Crippen LogP contribution is -2.20. The number of hydrogen-bond donors (Lipinski definition) is 1. The molecule has 0 aromatic heterocycles. The highest BCUT2D eigenvalue weighted by molar-refractivity contribution is 5.28. The van der Waals surface area contributed by atoms with Gasteiger partial charge >= 0.3 is 0 Å². The minimum Gasteiger partial charge on any atom is -0.310 e. The van der Waals surface area contributed by atoms with E-state index in [2.05, 4.69) is 43.1 Å². The van der Waals surface area contributed by atoms with Crippen LogP contribution in [0.2, 0.25) is 0 Å². The Morgan fingerprint density at radius 1 is 1.35 bits per heavy atom. The lowest BCUT2D eigenvalue weighted by atomic mass is 9.80. The molecule has 1 heteroatoms. The van der Waals surface area contributed by atoms with E-state index in [4.69, 9.17) is 0 Å². The van der Waals surface area contributed by atoms with E-state index in [1.165, 1.54) is 30.4 Å². The highest BCUT2D eigenvalue weighted by Gasteiger charge is 2.19. The third kappa shape index (κ3) is 2.98. The Morgan fingerprint density at radius 3 is 2.53 bits per heavy atom. The number of benzene rings is 1. The van der Waals surface area contributed by atoms with Crippen LogP contribution >= 0.6 is 0 Å². The number of nitrogens with one attached hydrogen (secondary N) is 1. The molecule has 1 saturated carbocycles. The molecule has 1 fully saturated rings. The van der Waals surface area contributed by atoms with Crippen molar-refractivity contribution in [3.63, 3.8) is 0 Å². The van der Waals surface area contributed by atoms with Crippen molar-refractivity contribution in [3.8, 4) is 0 Å². The summed E-state index contributed by atoms with van der Waals surface area (Å²) in [6, 6.07) is 9.61. The van der Waals surface area contributed by atoms with E-state index in [0.717, 1.165) is 18.9 Å². The van der Waals surface area contributed by atoms with Gasteiger partial charge in [0.2, 0.25) is 0 Å². The molecule has 0 spiro atoms. The van der Waals surface area contributed by atoms with Crippen LogP contribution in [0.5, 0.6) is 0 Å². The highest BCUT2D eigenvalue weighted by Crippen LogP contribution is 2.36. The van der Waals surface area contributed by atoms with Gasteiger partial charge < -0.3 is 5.32 Å². The van der Waals surface area contributed by atoms with Crippen LogP contribution in [0.3, 0.4) is 0 Å². The molecule has 17 heavy (non-hydrogen) atoms. The van der Waals surface area contributed by atoms with Crippen molar-refractivity contribution < 1.29 is 0 Å². The zero-order valence-electron chi connectivity index (χ0n) is 10.8. The summed E-state index contributed by atoms with van der Waals surface area (Å²) in [7, 11) is 0. The van der Waals surface area contributed by atoms with Crippen LogP contribution in [0.25, 0.3) is 0 Å². The van der Waals surface area contributed by atoms with Gasteiger partial charge in [0.05, 0.1) is 0 Å². The molecule has 1 aromatic rings. The van der Waals surface area contributed by atoms with Crippen molar-refractivity contribution >= 4 is 0 Å². The Bertz CT molecular complexity index is 348. The highest BCUT2D eigenvalue weighted by atomic mass is 14.9. The summed E-state index contributed by atoms with van der Waals surface area (Å²) in [5.74, 6) is 0.834. The second-order valence-corrected chi connectivity index (χ2v) is 4.93. The van der Waals surface area contributed by atoms with E-state index in [9.17, 15) is 0 Å². The van der Waals surface area contributed by atoms with E-state index in [1.807, 2.05) is 6.08 Å². The smallest absolute Gasteiger partial charge is 0.0354 e. The van der Waals surface area contributed by atoms with Crippen LogP contribution in [-0.2, 0) is 0 Å². The van der Waals surface area contributed by atoms with Gasteiger partial charge in [0.15, 0.2) is 0 Å². The topological polar surface area (TPSA) is 12.0 Å². The van der Waals surface area contributed by atoms with Gasteiger partial charge in [-0.25, -0.2) is 0 Å². The van der Waals surface area contributed by atoms with Crippen LogP contribution in [0.1, 0.15) is 55.7 Å². The summed E-state index contributed by atoms with van der Waals surface area (Å²) in [5.41, 5.74) is 2.91. The molecule has 92 valence electrons. The number of hydrogen-bond acceptors (Lipinski definition) is 1. The molecule has 1 atom stereocenters. The summed E-state index contributed by atoms with van der Waals surface area (Å²) in [5, 5.41) is 3.51. The fraction of sp³-hybridized carbons (Fsp3) is 0.500. The minimum absolute atomic E-state index is 0.424. The summed E-state index contributed by atoms with van der Waals surface area (Å²) in [4.78, 5) is 0. The molecule has 1 aliphatic rings. The maximum absolute atomic E-state index is 3.84. The van der Waals surface area contributed by atoms with Crippen LogP contribution < -0.4 is 5.32 Å². The van der Waals surface area contributed by atoms with Gasteiger partial charge in [0.25, 0.3) is 0 Å². The summed E-state index contributed by atoms with van der Waals surface area (Å²) in [6.45, 7) is 6.99. The molecular formula is C16H23N. The van der Waals surface area contributed by atoms with Crippen molar-refractivity contribution in [2.24, 2.45) is 0 Å². The van der Waals surface area contributed by atoms with Crippen molar-refractivity contribution in [3.05, 3.63) is 48.0 Å². The molecular weight excluding hydrogens is 206 g/mol. The first-order valence-electron chi connectivity index (χ1n) is 6.79. The minimum atomic E-state index is 0.424. The Kier molecular flexibility index (Phi) is 4.38. The predicted octanol–water partition coefficient (Wildman–Crippen LogP) is 4.18. The SMILES string of the molecule is C=CCC(NCC)c1ccc(C2CCC2)cc1. The molecule has 1 N–H and O–H groups in total. The summed E-state index contributed by atoms with van der Waals surface area (Å²) < 4.78 is 0. The first kappa shape index (κ1) is 12.4. The van der Waals surface area contributed by atoms with E-state index >= 15 is 0 Å². The first-order chi connectivity index (χ1) is 8.35. The molecule has 1 unspecified atom stereocenters. The maximum Gasteiger partial charge on any atom is 0.0354 e. The standard InChI is InChI=1S/C16H23N/c1-3-6-16(17-4-2)15-11-9-14(10-12-15)13-7-5-8-13/h3,9-13,16-17H,1,4-8H2,2H3. The average Bonchev–Trinajstić information content (AvgIpc) is 2.28. The van der Waals surface area contributed by atoms with E-state index in [-0.39, 0.29) is 0 Å². The first-order valence-corrected chi connectivity index (χ1v) is 6.79. The molecule has 0 saturated heterocycles. The monoisotopic (exact) mass is 229 g/mol. The lowest BCUT2D eigenvalue weighted by Gasteiger charge is -2.26. The molecule has 1 aromatic carbocycles. The van der Waals surface area contributed by atoms with E-state index in [0.29, 0.717) is 6.04 Å². The molecule has 0 radical (unpaired) electrons. The van der Waals surface area contributed by atoms with Crippen LogP contribution in [0.4, 0.5) is 0 Å². The molecule has 0 aliphatic heterocycles. The molecule has 1 nitrogen and oxygen atoms in total. The van der Waals surface area contributed by atoms with Gasteiger partial charge in [-0.1, -0.05) is 43.7 Å². The van der Waals surface area contributed by atoms with Gasteiger partial charge in [0.1, 0.15) is 0 Å². The fourth-order valence-corrected chi connectivity index (χ4v) is 2.49. The second-order valence-electron chi connectivity index (χ2n) is 4.93. The van der Waals surface area contributed by atoms with Gasteiger partial charge in [-0.2, -0.15) is 0 Å². The van der Waals surface area contributed by atoms with Crippen molar-refractivity contribution in [1.82, 2.24) is 5.32 Å². The third-order valence-electron chi connectivity index (χ3n) is 3.77. The zero-order chi connectivity index (χ0) is 12.1. The van der Waals surface area contributed by atoms with Crippen molar-refractivity contribution in [1.29, 1.82) is 0 Å². The summed E-state index contributed by atoms with van der Waals surface area (Å²) in [6.07, 6.45) is 7.15. The largest absolute Gasteiger partial charge is 0.310 e. The van der Waals surface area contributed by atoms with Gasteiger partial charge in [-0.15, -0.1) is 6.58 Å². The van der Waals surface area contributed by atoms with Crippen LogP contribution in [-0.4, -0.2) is 6.54 Å². The fourth-order valence-electron chi connectivity index (χ4n) is 2.49. The van der Waals surface area contributed by atoms with Crippen molar-refractivity contribution in [2.75, 3.05) is 6.54 Å². The van der Waals surface area contributed by atoms with Crippen LogP contribution in [0.15, 0.2) is 36.9 Å². The Hall–Kier alpha value is -1.08. The van der Waals surface area contributed by atoms with Gasteiger partial charge in [0, 0.05) is 6.04 Å². The maximum atomic E-state index is 3.84. The normalized spacial score (nSPS) is 17.5. The predicted molar refractivity (Wildman–Crippen MR) is 74.3 cm³/mol. The molecule has 0 bridgehead atoms. The Balaban J connectivity index is 2.05. The van der Waals surface area contributed by atoms with E-state index in [1.54, 1.807) is 0 Å². The number of rotatable bonds is 6. The zero-order valence-corrected chi connectivity index (χ0v) is 10.8. The Morgan fingerprint density at radius 2 is 2.06 bits per heavy atom. The van der Waals surface area contributed by atoms with E-state index < -0.39 is 0 Å². The lowest BCUT2D eigenvalue weighted by molar-refractivity contribution is 0.419. The Labute approximate surface area is 105 Å². The quantitative estimate of drug-likeness (QED) is 0.722.